The van der Waals surface area contributed by atoms with Gasteiger partial charge in [0, 0.05) is 0 Å². The lowest BCUT2D eigenvalue weighted by atomic mass is 9.82. The highest BCUT2D eigenvalue weighted by molar-refractivity contribution is 6.09. The number of hydrogen-bond donors (Lipinski definition) is 1. The maximum atomic E-state index is 13.5. The fourth-order valence-electron chi connectivity index (χ4n) is 3.54. The van der Waals surface area contributed by atoms with Gasteiger partial charge in [0.2, 0.25) is 0 Å². The molecule has 4 rings (SSSR count). The van der Waals surface area contributed by atoms with Gasteiger partial charge in [-0.25, -0.2) is 13.6 Å². The molecule has 0 bridgehead atoms. The van der Waals surface area contributed by atoms with E-state index in [-0.39, 0.29) is 6.54 Å². The molecule has 1 N–H and O–H groups in total. The van der Waals surface area contributed by atoms with Gasteiger partial charge in [0.25, 0.3) is 5.91 Å². The molecule has 1 fully saturated rings. The first-order valence-corrected chi connectivity index (χ1v) is 9.09. The van der Waals surface area contributed by atoms with Gasteiger partial charge in [0.1, 0.15) is 11.6 Å². The maximum absolute atomic E-state index is 13.5. The van der Waals surface area contributed by atoms with Crippen molar-refractivity contribution < 1.29 is 18.4 Å². The Bertz CT molecular complexity index is 1110. The maximum Gasteiger partial charge on any atom is 0.325 e. The van der Waals surface area contributed by atoms with Crippen LogP contribution in [0.2, 0.25) is 0 Å². The zero-order valence-electron chi connectivity index (χ0n) is 15.6. The van der Waals surface area contributed by atoms with Crippen molar-refractivity contribution in [3.8, 4) is 6.07 Å². The lowest BCUT2D eigenvalue weighted by Crippen LogP contribution is -2.45. The average Bonchev–Trinajstić information content (AvgIpc) is 3.01. The average molecular weight is 403 g/mol. The second kappa shape index (κ2) is 7.41. The summed E-state index contributed by atoms with van der Waals surface area (Å²) >= 11 is 0. The second-order valence-electron chi connectivity index (χ2n) is 6.89. The van der Waals surface area contributed by atoms with Crippen molar-refractivity contribution in [2.75, 3.05) is 0 Å². The highest BCUT2D eigenvalue weighted by Crippen LogP contribution is 2.37. The third kappa shape index (κ3) is 3.18. The number of halogens is 2. The topological polar surface area (TPSA) is 73.2 Å². The number of nitrogens with one attached hydrogen (secondary N) is 1. The number of nitrogens with zero attached hydrogens (tertiary/aromatic N) is 2. The molecule has 7 heteroatoms. The van der Waals surface area contributed by atoms with Gasteiger partial charge in [-0.1, -0.05) is 36.4 Å². The van der Waals surface area contributed by atoms with E-state index >= 15 is 0 Å². The van der Waals surface area contributed by atoms with Gasteiger partial charge >= 0.3 is 6.03 Å². The van der Waals surface area contributed by atoms with Crippen molar-refractivity contribution in [1.82, 2.24) is 10.2 Å². The number of carbonyl (C=O) groups is 2. The monoisotopic (exact) mass is 403 g/mol. The molecular formula is C23H15F2N3O2. The summed E-state index contributed by atoms with van der Waals surface area (Å²) in [6.07, 6.45) is 0. The van der Waals surface area contributed by atoms with Gasteiger partial charge in [-0.15, -0.1) is 0 Å². The van der Waals surface area contributed by atoms with Gasteiger partial charge in [-0.2, -0.15) is 5.26 Å². The molecule has 0 aromatic heterocycles. The number of rotatable bonds is 4. The van der Waals surface area contributed by atoms with Gasteiger partial charge in [0.05, 0.1) is 18.2 Å². The zero-order chi connectivity index (χ0) is 21.3. The van der Waals surface area contributed by atoms with Crippen LogP contribution in [0.3, 0.4) is 0 Å². The summed E-state index contributed by atoms with van der Waals surface area (Å²) in [5.41, 5.74) is 0.229. The van der Waals surface area contributed by atoms with Crippen LogP contribution in [0.1, 0.15) is 22.3 Å². The zero-order valence-corrected chi connectivity index (χ0v) is 15.6. The van der Waals surface area contributed by atoms with E-state index in [0.717, 1.165) is 4.90 Å². The summed E-state index contributed by atoms with van der Waals surface area (Å²) in [6.45, 7) is -0.0134. The summed E-state index contributed by atoms with van der Waals surface area (Å²) in [5.74, 6) is -1.53. The third-order valence-electron chi connectivity index (χ3n) is 5.08. The largest absolute Gasteiger partial charge is 0.325 e. The van der Waals surface area contributed by atoms with Crippen molar-refractivity contribution in [3.05, 3.63) is 107 Å². The van der Waals surface area contributed by atoms with Crippen LogP contribution >= 0.6 is 0 Å². The number of hydrogen-bond acceptors (Lipinski definition) is 3. The van der Waals surface area contributed by atoms with Gasteiger partial charge in [-0.05, 0) is 53.1 Å². The fraction of sp³-hybridized carbons (Fsp3) is 0.0870. The van der Waals surface area contributed by atoms with Crippen LogP contribution < -0.4 is 5.32 Å². The smallest absolute Gasteiger partial charge is 0.315 e. The summed E-state index contributed by atoms with van der Waals surface area (Å²) < 4.78 is 27.0. The molecule has 3 amide bonds. The predicted octanol–water partition coefficient (Wildman–Crippen LogP) is 3.83. The highest BCUT2D eigenvalue weighted by Gasteiger charge is 2.53. The highest BCUT2D eigenvalue weighted by atomic mass is 19.1. The predicted molar refractivity (Wildman–Crippen MR) is 104 cm³/mol. The van der Waals surface area contributed by atoms with Crippen molar-refractivity contribution in [2.24, 2.45) is 0 Å². The first-order chi connectivity index (χ1) is 14.4. The molecule has 3 aromatic carbocycles. The molecule has 0 saturated carbocycles. The molecule has 30 heavy (non-hydrogen) atoms. The molecule has 1 aliphatic rings. The fourth-order valence-corrected chi connectivity index (χ4v) is 3.54. The first-order valence-electron chi connectivity index (χ1n) is 9.09. The van der Waals surface area contributed by atoms with Crippen LogP contribution in [-0.4, -0.2) is 16.8 Å². The molecule has 0 aliphatic carbocycles. The Labute approximate surface area is 171 Å². The molecule has 3 aromatic rings. The molecular weight excluding hydrogens is 388 g/mol. The Morgan fingerprint density at radius 1 is 0.833 bits per heavy atom. The minimum absolute atomic E-state index is 0.0134. The van der Waals surface area contributed by atoms with Crippen molar-refractivity contribution in [1.29, 1.82) is 5.26 Å². The van der Waals surface area contributed by atoms with Crippen LogP contribution in [0.4, 0.5) is 13.6 Å². The van der Waals surface area contributed by atoms with E-state index in [1.165, 1.54) is 48.5 Å². The standard InChI is InChI=1S/C23H15F2N3O2/c24-19-9-5-17(6-10-19)23(18-7-11-20(25)12-8-18)21(29)28(22(30)27-23)14-16-3-1-15(13-26)2-4-16/h1-12H,14H2,(H,27,30). The van der Waals surface area contributed by atoms with E-state index in [2.05, 4.69) is 5.32 Å². The lowest BCUT2D eigenvalue weighted by Gasteiger charge is -2.28. The lowest BCUT2D eigenvalue weighted by molar-refractivity contribution is -0.130. The van der Waals surface area contributed by atoms with Gasteiger partial charge in [0.15, 0.2) is 5.54 Å². The Balaban J connectivity index is 1.77. The molecule has 0 spiro atoms. The number of urea groups is 1. The molecule has 1 heterocycles. The molecule has 5 nitrogen and oxygen atoms in total. The van der Waals surface area contributed by atoms with Gasteiger partial charge < -0.3 is 5.32 Å². The van der Waals surface area contributed by atoms with Crippen molar-refractivity contribution in [3.63, 3.8) is 0 Å². The van der Waals surface area contributed by atoms with E-state index in [9.17, 15) is 18.4 Å². The quantitative estimate of drug-likeness (QED) is 0.673. The number of imide groups is 1. The van der Waals surface area contributed by atoms with Crippen LogP contribution in [0, 0.1) is 23.0 Å². The summed E-state index contributed by atoms with van der Waals surface area (Å²) in [5, 5.41) is 11.6. The minimum atomic E-state index is -1.61. The van der Waals surface area contributed by atoms with Crippen LogP contribution in [0.5, 0.6) is 0 Å². The Kier molecular flexibility index (Phi) is 4.76. The van der Waals surface area contributed by atoms with E-state index < -0.39 is 29.1 Å². The van der Waals surface area contributed by atoms with E-state index in [1.807, 2.05) is 6.07 Å². The minimum Gasteiger partial charge on any atom is -0.315 e. The van der Waals surface area contributed by atoms with Crippen molar-refractivity contribution >= 4 is 11.9 Å². The Morgan fingerprint density at radius 3 is 1.80 bits per heavy atom. The summed E-state index contributed by atoms with van der Waals surface area (Å²) in [7, 11) is 0. The van der Waals surface area contributed by atoms with Crippen LogP contribution in [0.15, 0.2) is 72.8 Å². The first kappa shape index (κ1) is 19.3. The van der Waals surface area contributed by atoms with E-state index in [0.29, 0.717) is 22.3 Å². The van der Waals surface area contributed by atoms with Crippen LogP contribution in [0.25, 0.3) is 0 Å². The summed E-state index contributed by atoms with van der Waals surface area (Å²) in [4.78, 5) is 27.4. The van der Waals surface area contributed by atoms with E-state index in [4.69, 9.17) is 5.26 Å². The number of amides is 3. The second-order valence-corrected chi connectivity index (χ2v) is 6.89. The molecule has 148 valence electrons. The SMILES string of the molecule is N#Cc1ccc(CN2C(=O)NC(c3ccc(F)cc3)(c3ccc(F)cc3)C2=O)cc1. The molecule has 0 radical (unpaired) electrons. The number of benzene rings is 3. The number of carbonyl (C=O) groups excluding carboxylic acids is 2. The molecule has 0 unspecified atom stereocenters. The van der Waals surface area contributed by atoms with Crippen LogP contribution in [-0.2, 0) is 16.9 Å². The van der Waals surface area contributed by atoms with E-state index in [1.54, 1.807) is 24.3 Å². The number of nitriles is 1. The third-order valence-corrected chi connectivity index (χ3v) is 5.08. The van der Waals surface area contributed by atoms with Crippen molar-refractivity contribution in [2.45, 2.75) is 12.1 Å². The Morgan fingerprint density at radius 2 is 1.33 bits per heavy atom. The summed E-state index contributed by atoms with van der Waals surface area (Å²) in [6, 6.07) is 18.4. The Hall–Kier alpha value is -4.05. The molecule has 1 saturated heterocycles. The normalized spacial score (nSPS) is 15.0. The van der Waals surface area contributed by atoms with Gasteiger partial charge in [-0.3, -0.25) is 9.69 Å². The molecule has 0 atom stereocenters. The molecule has 1 aliphatic heterocycles.